The Balaban J connectivity index is 0.934. The molecule has 14 saturated carbocycles. The van der Waals surface area contributed by atoms with Crippen molar-refractivity contribution in [2.24, 2.45) is 82.9 Å². The van der Waals surface area contributed by atoms with Crippen LogP contribution in [-0.2, 0) is 53.5 Å². The van der Waals surface area contributed by atoms with Crippen LogP contribution in [-0.4, -0.2) is 79.0 Å². The van der Waals surface area contributed by atoms with E-state index in [0.717, 1.165) is 51.4 Å². The number of rotatable bonds is 11. The van der Waals surface area contributed by atoms with Crippen LogP contribution in [0.4, 0.5) is 0 Å². The lowest BCUT2D eigenvalue weighted by atomic mass is 10.0. The molecular formula is C55H92O13Si9. The smallest absolute Gasteiger partial charge is 0.395 e. The van der Waals surface area contributed by atoms with Gasteiger partial charge in [-0.2, -0.15) is 0 Å². The van der Waals surface area contributed by atoms with E-state index in [0.29, 0.717) is 88.4 Å². The molecule has 0 N–H and O–H groups in total. The van der Waals surface area contributed by atoms with Crippen molar-refractivity contribution in [3.63, 3.8) is 0 Å². The van der Waals surface area contributed by atoms with Gasteiger partial charge in [0.25, 0.3) is 0 Å². The summed E-state index contributed by atoms with van der Waals surface area (Å²) in [5.41, 5.74) is 0.760. The Bertz CT molecular complexity index is 2210. The zero-order valence-electron chi connectivity index (χ0n) is 47.0. The van der Waals surface area contributed by atoms with Crippen LogP contribution in [0.5, 0.6) is 0 Å². The van der Waals surface area contributed by atoms with E-state index in [-0.39, 0.29) is 38.8 Å². The van der Waals surface area contributed by atoms with Crippen molar-refractivity contribution in [3.8, 4) is 0 Å². The van der Waals surface area contributed by atoms with Gasteiger partial charge >= 0.3 is 70.7 Å². The maximum atomic E-state index is 9.17. The average molecular weight is 1210 g/mol. The summed E-state index contributed by atoms with van der Waals surface area (Å²) < 4.78 is 117. The first-order valence-electron chi connectivity index (χ1n) is 33.3. The highest BCUT2D eigenvalue weighted by Gasteiger charge is 2.92. The van der Waals surface area contributed by atoms with Crippen LogP contribution in [0.15, 0.2) is 0 Å². The fraction of sp³-hybridized carbons (Fsp3) is 1.00. The summed E-state index contributed by atoms with van der Waals surface area (Å²) in [6.07, 6.45) is 34.0. The van der Waals surface area contributed by atoms with Gasteiger partial charge in [-0.25, -0.2) is 0 Å². The maximum Gasteiger partial charge on any atom is 0.646 e. The van der Waals surface area contributed by atoms with Gasteiger partial charge in [0, 0.05) is 38.8 Å². The monoisotopic (exact) mass is 1210 g/mol. The van der Waals surface area contributed by atoms with Crippen molar-refractivity contribution in [3.05, 3.63) is 0 Å². The van der Waals surface area contributed by atoms with Gasteiger partial charge in [0.1, 0.15) is 0 Å². The standard InChI is InChI=1S/C55H92O13Si9/c1-5-34(2)69(3,4)56-77-66-74(53-31-39-10-17-46(53)24-39)60-71(50-28-36-7-14-43(50)21-36)57-70(49-27-35-6-13-42(49)20-35)58-72(62-74,51-29-37-8-15-44(51)22-37)64-76(68-77,55-33-41-12-19-48(55)26-41)65-73(59-70,52-30-38-9-16-45(52)23-38)63-75(61-71,67-77)54-32-40-11-18-47(54)25-40/h34-55H,5-33H2,1-4H3. The highest BCUT2D eigenvalue weighted by atomic mass is 28.6. The maximum absolute atomic E-state index is 9.17. The summed E-state index contributed by atoms with van der Waals surface area (Å²) in [5, 5.41) is 0. The molecule has 426 valence electrons. The van der Waals surface area contributed by atoms with E-state index in [2.05, 4.69) is 26.9 Å². The minimum atomic E-state index is -4.58. The number of fused-ring (bicyclic) bond motifs is 14. The molecule has 13 nitrogen and oxygen atoms in total. The van der Waals surface area contributed by atoms with Gasteiger partial charge in [0.2, 0.25) is 0 Å². The van der Waals surface area contributed by atoms with Gasteiger partial charge in [0.15, 0.2) is 8.32 Å². The predicted octanol–water partition coefficient (Wildman–Crippen LogP) is 13.6. The molecule has 0 aromatic heterocycles. The summed E-state index contributed by atoms with van der Waals surface area (Å²) in [7, 11) is -36.4. The molecule has 0 aromatic rings. The molecule has 20 aliphatic rings. The Morgan fingerprint density at radius 3 is 0.662 bits per heavy atom. The fourth-order valence-corrected chi connectivity index (χ4v) is 84.8. The molecule has 22 atom stereocenters. The lowest BCUT2D eigenvalue weighted by Gasteiger charge is -2.68. The van der Waals surface area contributed by atoms with Crippen molar-refractivity contribution in [2.75, 3.05) is 0 Å². The van der Waals surface area contributed by atoms with Crippen LogP contribution in [0.2, 0.25) is 57.4 Å². The van der Waals surface area contributed by atoms with Crippen LogP contribution in [0.25, 0.3) is 0 Å². The van der Waals surface area contributed by atoms with E-state index >= 15 is 0 Å². The van der Waals surface area contributed by atoms with E-state index < -0.39 is 79.0 Å². The average Bonchev–Trinajstić information content (AvgIpc) is 4.23. The Labute approximate surface area is 469 Å². The molecule has 22 unspecified atom stereocenters. The van der Waals surface area contributed by atoms with E-state index in [1.807, 2.05) is 0 Å². The van der Waals surface area contributed by atoms with Crippen molar-refractivity contribution in [1.29, 1.82) is 0 Å². The Kier molecular flexibility index (Phi) is 11.1. The molecule has 6 aliphatic heterocycles. The molecule has 22 bridgehead atoms. The van der Waals surface area contributed by atoms with E-state index in [9.17, 15) is 0 Å². The van der Waals surface area contributed by atoms with E-state index in [1.54, 1.807) is 0 Å². The Hall–Kier alpha value is 1.43. The second kappa shape index (κ2) is 16.9. The molecule has 0 radical (unpaired) electrons. The lowest BCUT2D eigenvalue weighted by molar-refractivity contribution is -0.0684. The minimum Gasteiger partial charge on any atom is -0.395 e. The van der Waals surface area contributed by atoms with Crippen molar-refractivity contribution in [2.45, 2.75) is 257 Å². The van der Waals surface area contributed by atoms with Crippen LogP contribution in [0.1, 0.15) is 200 Å². The first-order chi connectivity index (χ1) is 37.2. The molecule has 0 spiro atoms. The van der Waals surface area contributed by atoms with Gasteiger partial charge in [0.05, 0.1) is 0 Å². The summed E-state index contributed by atoms with van der Waals surface area (Å²) >= 11 is 0. The molecule has 6 saturated heterocycles. The third-order valence-corrected chi connectivity index (χ3v) is 72.0. The molecule has 20 fully saturated rings. The predicted molar refractivity (Wildman–Crippen MR) is 302 cm³/mol. The van der Waals surface area contributed by atoms with Crippen LogP contribution in [0, 0.1) is 82.9 Å². The first-order valence-corrected chi connectivity index (χ1v) is 50.5. The molecule has 22 heteroatoms. The molecule has 6 heterocycles. The van der Waals surface area contributed by atoms with Crippen molar-refractivity contribution in [1.82, 2.24) is 0 Å². The molecule has 20 rings (SSSR count). The first kappa shape index (κ1) is 50.6. The minimum absolute atomic E-state index is 0.0359. The molecule has 14 aliphatic carbocycles. The van der Waals surface area contributed by atoms with Gasteiger partial charge in [-0.3, -0.25) is 0 Å². The second-order valence-corrected chi connectivity index (χ2v) is 61.4. The van der Waals surface area contributed by atoms with Crippen molar-refractivity contribution >= 4 is 79.0 Å². The van der Waals surface area contributed by atoms with Crippen LogP contribution >= 0.6 is 0 Å². The van der Waals surface area contributed by atoms with Gasteiger partial charge < -0.3 is 53.5 Å². The van der Waals surface area contributed by atoms with Crippen molar-refractivity contribution < 1.29 is 53.5 Å². The summed E-state index contributed by atoms with van der Waals surface area (Å²) in [6, 6.07) is 0. The third-order valence-electron chi connectivity index (χ3n) is 27.9. The van der Waals surface area contributed by atoms with Gasteiger partial charge in [-0.1, -0.05) is 65.2 Å². The van der Waals surface area contributed by atoms with Gasteiger partial charge in [-0.05, 0) is 236 Å². The van der Waals surface area contributed by atoms with Crippen LogP contribution < -0.4 is 0 Å². The highest BCUT2D eigenvalue weighted by Crippen LogP contribution is 2.74. The molecule has 0 amide bonds. The zero-order valence-corrected chi connectivity index (χ0v) is 56.0. The Morgan fingerprint density at radius 1 is 0.312 bits per heavy atom. The topological polar surface area (TPSA) is 120 Å². The Morgan fingerprint density at radius 2 is 0.506 bits per heavy atom. The summed E-state index contributed by atoms with van der Waals surface area (Å²) in [5.74, 6) is 7.36. The SMILES string of the molecule is CCC(C)[Si](C)(C)O[Si]12O[Si]3(C4CC5CCC4C5)O[Si]4(C5CC6CCC5C6)O[Si](C5CC6CCC5C6)(O1)O[Si]1(C5CC6CCC5C6)O[Si](C5CC6CCC5C6)(O2)O[Si](C2CC5CCC2C5)(O3)O[Si](C2CC3CCC2C3)(O4)O1. The molecule has 0 aromatic carbocycles. The third kappa shape index (κ3) is 7.14. The lowest BCUT2D eigenvalue weighted by Crippen LogP contribution is -2.92. The summed E-state index contributed by atoms with van der Waals surface area (Å²) in [6.45, 7) is 9.58. The molecular weight excluding hydrogens is 1120 g/mol. The number of hydrogen-bond donors (Lipinski definition) is 0. The van der Waals surface area contributed by atoms with E-state index in [4.69, 9.17) is 53.5 Å². The van der Waals surface area contributed by atoms with Crippen LogP contribution in [0.3, 0.4) is 0 Å². The quantitative estimate of drug-likeness (QED) is 0.183. The second-order valence-electron chi connectivity index (χ2n) is 31.9. The largest absolute Gasteiger partial charge is 0.646 e. The van der Waals surface area contributed by atoms with Gasteiger partial charge in [-0.15, -0.1) is 0 Å². The fourth-order valence-electron chi connectivity index (χ4n) is 24.1. The number of hydrogen-bond acceptors (Lipinski definition) is 13. The van der Waals surface area contributed by atoms with E-state index in [1.165, 1.54) is 135 Å². The normalized spacial score (nSPS) is 63.7. The summed E-state index contributed by atoms with van der Waals surface area (Å²) in [4.78, 5) is 0. The zero-order chi connectivity index (χ0) is 50.9. The molecule has 77 heavy (non-hydrogen) atoms. The highest BCUT2D eigenvalue weighted by molar-refractivity contribution is 7.05.